The van der Waals surface area contributed by atoms with Crippen molar-refractivity contribution in [2.24, 2.45) is 7.05 Å². The lowest BCUT2D eigenvalue weighted by molar-refractivity contribution is -0.928. The molecule has 0 aromatic carbocycles. The summed E-state index contributed by atoms with van der Waals surface area (Å²) in [5.41, 5.74) is 0. The average Bonchev–Trinajstić information content (AvgIpc) is 2.92. The molecule has 2 N–H and O–H groups in total. The minimum atomic E-state index is -4.62. The zero-order chi connectivity index (χ0) is 16.7. The number of alkyl halides is 3. The molecule has 1 aromatic rings. The molecule has 0 radical (unpaired) electrons. The number of carbonyl (C=O) groups is 1. The Morgan fingerprint density at radius 1 is 1.59 bits per heavy atom. The van der Waals surface area contributed by atoms with Crippen LogP contribution in [-0.2, 0) is 29.4 Å². The third-order valence-corrected chi connectivity index (χ3v) is 4.12. The quantitative estimate of drug-likeness (QED) is 0.552. The molecule has 1 unspecified atom stereocenters. The highest BCUT2D eigenvalue weighted by Gasteiger charge is 2.42. The van der Waals surface area contributed by atoms with E-state index < -0.39 is 30.1 Å². The zero-order valence-corrected chi connectivity index (χ0v) is 12.7. The predicted octanol–water partition coefficient (Wildman–Crippen LogP) is -0.882. The SMILES string of the molecule is COC(=O)[C@@H]1C[C@@H](O)C[NH+]1Cn1nc(C(F)(F)F)n(C)c1=S. The van der Waals surface area contributed by atoms with Gasteiger partial charge in [0, 0.05) is 13.5 Å². The number of quaternary nitrogens is 1. The number of hydrogen-bond donors (Lipinski definition) is 2. The highest BCUT2D eigenvalue weighted by molar-refractivity contribution is 7.71. The fourth-order valence-electron chi connectivity index (χ4n) is 2.58. The van der Waals surface area contributed by atoms with E-state index in [0.29, 0.717) is 4.90 Å². The lowest BCUT2D eigenvalue weighted by atomic mass is 10.2. The van der Waals surface area contributed by atoms with Crippen LogP contribution < -0.4 is 4.90 Å². The van der Waals surface area contributed by atoms with Gasteiger partial charge in [0.2, 0.25) is 10.6 Å². The topological polar surface area (TPSA) is 73.7 Å². The molecule has 7 nitrogen and oxygen atoms in total. The van der Waals surface area contributed by atoms with E-state index in [1.165, 1.54) is 14.2 Å². The lowest BCUT2D eigenvalue weighted by Gasteiger charge is -2.18. The third kappa shape index (κ3) is 3.15. The van der Waals surface area contributed by atoms with Gasteiger partial charge in [-0.05, 0) is 12.2 Å². The molecule has 1 aliphatic heterocycles. The Morgan fingerprint density at radius 2 is 2.23 bits per heavy atom. The summed E-state index contributed by atoms with van der Waals surface area (Å²) in [7, 11) is 2.40. The number of aromatic nitrogens is 3. The monoisotopic (exact) mass is 341 g/mol. The van der Waals surface area contributed by atoms with Gasteiger partial charge in [-0.3, -0.25) is 4.57 Å². The highest BCUT2D eigenvalue weighted by Crippen LogP contribution is 2.27. The summed E-state index contributed by atoms with van der Waals surface area (Å²) in [6.07, 6.45) is -5.15. The number of halogens is 3. The average molecular weight is 341 g/mol. The van der Waals surface area contributed by atoms with Crippen molar-refractivity contribution in [3.8, 4) is 0 Å². The second-order valence-electron chi connectivity index (χ2n) is 5.15. The molecule has 1 saturated heterocycles. The first kappa shape index (κ1) is 16.9. The molecule has 0 spiro atoms. The molecule has 0 bridgehead atoms. The number of likely N-dealkylation sites (tertiary alicyclic amines) is 1. The second kappa shape index (κ2) is 5.97. The molecule has 1 fully saturated rings. The number of rotatable bonds is 3. The number of aliphatic hydroxyl groups is 1. The summed E-state index contributed by atoms with van der Waals surface area (Å²) < 4.78 is 44.8. The Morgan fingerprint density at radius 3 is 2.73 bits per heavy atom. The minimum Gasteiger partial charge on any atom is -0.465 e. The van der Waals surface area contributed by atoms with E-state index in [-0.39, 0.29) is 24.4 Å². The number of nitrogens with zero attached hydrogens (tertiary/aromatic N) is 3. The van der Waals surface area contributed by atoms with Crippen molar-refractivity contribution in [1.29, 1.82) is 0 Å². The maximum Gasteiger partial charge on any atom is 0.451 e. The summed E-state index contributed by atoms with van der Waals surface area (Å²) in [6, 6.07) is -0.654. The first-order valence-corrected chi connectivity index (χ1v) is 6.87. The van der Waals surface area contributed by atoms with Crippen LogP contribution in [0.15, 0.2) is 0 Å². The maximum atomic E-state index is 12.8. The van der Waals surface area contributed by atoms with Gasteiger partial charge in [-0.25, -0.2) is 4.79 Å². The van der Waals surface area contributed by atoms with E-state index in [9.17, 15) is 23.1 Å². The second-order valence-corrected chi connectivity index (χ2v) is 5.51. The number of nitrogens with one attached hydrogen (secondary N) is 1. The van der Waals surface area contributed by atoms with Crippen molar-refractivity contribution in [2.75, 3.05) is 13.7 Å². The van der Waals surface area contributed by atoms with Crippen LogP contribution in [0.2, 0.25) is 0 Å². The molecule has 1 aromatic heterocycles. The first-order chi connectivity index (χ1) is 10.1. The van der Waals surface area contributed by atoms with Crippen LogP contribution in [-0.4, -0.2) is 51.2 Å². The Bertz CT molecular complexity index is 627. The maximum absolute atomic E-state index is 12.8. The number of aliphatic hydroxyl groups excluding tert-OH is 1. The van der Waals surface area contributed by atoms with Crippen LogP contribution in [0.5, 0.6) is 0 Å². The van der Waals surface area contributed by atoms with Gasteiger partial charge in [0.1, 0.15) is 12.6 Å². The molecule has 3 atom stereocenters. The van der Waals surface area contributed by atoms with Crippen LogP contribution in [0.1, 0.15) is 12.2 Å². The summed E-state index contributed by atoms with van der Waals surface area (Å²) in [6.45, 7) is 0.152. The summed E-state index contributed by atoms with van der Waals surface area (Å²) in [5, 5.41) is 13.2. The molecule has 1 aliphatic rings. The van der Waals surface area contributed by atoms with Gasteiger partial charge in [0.25, 0.3) is 0 Å². The summed E-state index contributed by atoms with van der Waals surface area (Å²) >= 11 is 4.95. The third-order valence-electron chi connectivity index (χ3n) is 3.63. The lowest BCUT2D eigenvalue weighted by Crippen LogP contribution is -3.14. The molecule has 0 amide bonds. The molecule has 11 heteroatoms. The van der Waals surface area contributed by atoms with Crippen molar-refractivity contribution < 1.29 is 32.7 Å². The molecule has 22 heavy (non-hydrogen) atoms. The zero-order valence-electron chi connectivity index (χ0n) is 11.9. The van der Waals surface area contributed by atoms with E-state index in [1.807, 2.05) is 0 Å². The van der Waals surface area contributed by atoms with E-state index >= 15 is 0 Å². The fraction of sp³-hybridized carbons (Fsp3) is 0.727. The van der Waals surface area contributed by atoms with E-state index in [2.05, 4.69) is 9.84 Å². The Balaban J connectivity index is 2.27. The smallest absolute Gasteiger partial charge is 0.451 e. The summed E-state index contributed by atoms with van der Waals surface area (Å²) in [5.74, 6) is -1.63. The van der Waals surface area contributed by atoms with Crippen LogP contribution in [0.4, 0.5) is 13.2 Å². The standard InChI is InChI=1S/C11H15F3N4O3S/c1-16-9(11(12,13)14)15-18(10(16)22)5-17-4-6(19)3-7(17)8(20)21-2/h6-7,19H,3-5H2,1-2H3/p+1/t6-,7+/m1/s1. The Hall–Kier alpha value is -1.46. The molecular formula is C11H16F3N4O3S+. The molecule has 2 rings (SSSR count). The van der Waals surface area contributed by atoms with Crippen LogP contribution in [0.3, 0.4) is 0 Å². The van der Waals surface area contributed by atoms with Gasteiger partial charge >= 0.3 is 12.1 Å². The summed E-state index contributed by atoms with van der Waals surface area (Å²) in [4.78, 5) is 12.2. The number of ether oxygens (including phenoxy) is 1. The van der Waals surface area contributed by atoms with Gasteiger partial charge in [-0.1, -0.05) is 0 Å². The number of carbonyl (C=O) groups excluding carboxylic acids is 1. The van der Waals surface area contributed by atoms with Crippen molar-refractivity contribution in [1.82, 2.24) is 14.3 Å². The molecule has 2 heterocycles. The van der Waals surface area contributed by atoms with Crippen LogP contribution >= 0.6 is 12.2 Å². The van der Waals surface area contributed by atoms with Gasteiger partial charge in [-0.15, -0.1) is 5.10 Å². The van der Waals surface area contributed by atoms with Gasteiger partial charge in [-0.2, -0.15) is 17.9 Å². The van der Waals surface area contributed by atoms with Crippen LogP contribution in [0, 0.1) is 4.77 Å². The number of methoxy groups -OCH3 is 1. The van der Waals surface area contributed by atoms with Crippen molar-refractivity contribution >= 4 is 18.2 Å². The van der Waals surface area contributed by atoms with Gasteiger partial charge < -0.3 is 14.7 Å². The predicted molar refractivity (Wildman–Crippen MR) is 69.3 cm³/mol. The van der Waals surface area contributed by atoms with E-state index in [1.54, 1.807) is 0 Å². The van der Waals surface area contributed by atoms with Gasteiger partial charge in [0.05, 0.1) is 7.11 Å². The molecule has 124 valence electrons. The molecule has 0 aliphatic carbocycles. The van der Waals surface area contributed by atoms with E-state index in [4.69, 9.17) is 12.2 Å². The van der Waals surface area contributed by atoms with Crippen molar-refractivity contribution in [2.45, 2.75) is 31.4 Å². The normalized spacial score (nSPS) is 25.5. The minimum absolute atomic E-state index is 0.0560. The van der Waals surface area contributed by atoms with Crippen molar-refractivity contribution in [3.05, 3.63) is 10.6 Å². The highest BCUT2D eigenvalue weighted by atomic mass is 32.1. The Kier molecular flexibility index (Phi) is 4.59. The fourth-order valence-corrected chi connectivity index (χ4v) is 2.77. The largest absolute Gasteiger partial charge is 0.465 e. The van der Waals surface area contributed by atoms with Crippen molar-refractivity contribution in [3.63, 3.8) is 0 Å². The molecule has 0 saturated carbocycles. The van der Waals surface area contributed by atoms with E-state index in [0.717, 1.165) is 9.25 Å². The molecular weight excluding hydrogens is 325 g/mol. The first-order valence-electron chi connectivity index (χ1n) is 6.46. The Labute approximate surface area is 128 Å². The number of hydrogen-bond acceptors (Lipinski definition) is 5. The number of esters is 1. The van der Waals surface area contributed by atoms with Gasteiger partial charge in [0.15, 0.2) is 12.7 Å². The van der Waals surface area contributed by atoms with Crippen LogP contribution in [0.25, 0.3) is 0 Å².